The molecule has 1 aromatic carbocycles. The lowest BCUT2D eigenvalue weighted by atomic mass is 10.1. The van der Waals surface area contributed by atoms with Crippen LogP contribution in [0, 0.1) is 11.8 Å². The molecular formula is C19H22N2O3. The number of pyridine rings is 1. The van der Waals surface area contributed by atoms with Gasteiger partial charge in [0.2, 0.25) is 5.91 Å². The van der Waals surface area contributed by atoms with Gasteiger partial charge in [-0.3, -0.25) is 9.78 Å². The molecule has 2 aromatic rings. The van der Waals surface area contributed by atoms with Crippen LogP contribution in [-0.2, 0) is 4.79 Å². The molecule has 1 atom stereocenters. The topological polar surface area (TPSA) is 71.5 Å². The summed E-state index contributed by atoms with van der Waals surface area (Å²) in [4.78, 5) is 15.9. The van der Waals surface area contributed by atoms with Crippen molar-refractivity contribution in [2.75, 3.05) is 0 Å². The first-order valence-electron chi connectivity index (χ1n) is 7.93. The van der Waals surface area contributed by atoms with Crippen molar-refractivity contribution in [1.29, 1.82) is 0 Å². The van der Waals surface area contributed by atoms with Crippen LogP contribution in [-0.4, -0.2) is 27.8 Å². The summed E-state index contributed by atoms with van der Waals surface area (Å²) in [6.07, 6.45) is 1.67. The van der Waals surface area contributed by atoms with Crippen molar-refractivity contribution in [3.63, 3.8) is 0 Å². The molecule has 1 unspecified atom stereocenters. The van der Waals surface area contributed by atoms with Crippen LogP contribution in [0.4, 0.5) is 0 Å². The molecule has 0 aliphatic heterocycles. The first-order valence-corrected chi connectivity index (χ1v) is 7.93. The van der Waals surface area contributed by atoms with Crippen molar-refractivity contribution < 1.29 is 14.6 Å². The van der Waals surface area contributed by atoms with Gasteiger partial charge in [0.1, 0.15) is 5.75 Å². The smallest absolute Gasteiger partial charge is 0.262 e. The molecule has 2 rings (SSSR count). The number of benzene rings is 1. The highest BCUT2D eigenvalue weighted by Gasteiger charge is 2.17. The molecule has 0 bridgehead atoms. The van der Waals surface area contributed by atoms with Crippen LogP contribution in [0.2, 0.25) is 0 Å². The van der Waals surface area contributed by atoms with E-state index in [-0.39, 0.29) is 5.91 Å². The summed E-state index contributed by atoms with van der Waals surface area (Å²) in [5, 5.41) is 13.7. The molecular weight excluding hydrogens is 304 g/mol. The molecule has 126 valence electrons. The third-order valence-electron chi connectivity index (χ3n) is 3.26. The molecule has 0 spiro atoms. The Bertz CT molecular complexity index is 775. The first-order chi connectivity index (χ1) is 11.4. The zero-order chi connectivity index (χ0) is 17.6. The largest absolute Gasteiger partial charge is 0.454 e. The Kier molecular flexibility index (Phi) is 5.78. The molecule has 2 N–H and O–H groups in total. The van der Waals surface area contributed by atoms with Gasteiger partial charge in [0.15, 0.2) is 0 Å². The third kappa shape index (κ3) is 5.25. The van der Waals surface area contributed by atoms with Gasteiger partial charge >= 0.3 is 0 Å². The van der Waals surface area contributed by atoms with E-state index in [4.69, 9.17) is 4.74 Å². The Labute approximate surface area is 142 Å². The fourth-order valence-corrected chi connectivity index (χ4v) is 2.20. The molecule has 1 heterocycles. The highest BCUT2D eigenvalue weighted by atomic mass is 16.6. The van der Waals surface area contributed by atoms with E-state index in [1.807, 2.05) is 25.1 Å². The maximum atomic E-state index is 11.6. The maximum Gasteiger partial charge on any atom is 0.262 e. The van der Waals surface area contributed by atoms with Gasteiger partial charge in [0, 0.05) is 18.0 Å². The predicted octanol–water partition coefficient (Wildman–Crippen LogP) is 2.63. The number of rotatable bonds is 5. The zero-order valence-electron chi connectivity index (χ0n) is 14.2. The Balaban J connectivity index is 2.01. The van der Waals surface area contributed by atoms with Crippen molar-refractivity contribution in [1.82, 2.24) is 10.3 Å². The number of carbonyl (C=O) groups excluding carboxylic acids is 1. The standard InChI is InChI=1S/C19H22N2O3/c1-4-6-17(22)21-19(2,3)11-10-18(23)24-15-8-9-16-14(13-15)7-5-12-20-16/h5,7-9,12-13,18,23H,4,6H2,1-3H3,(H,21,22). The second kappa shape index (κ2) is 7.80. The van der Waals surface area contributed by atoms with Crippen LogP contribution in [0.25, 0.3) is 10.9 Å². The van der Waals surface area contributed by atoms with Crippen LogP contribution in [0.5, 0.6) is 5.75 Å². The molecule has 1 amide bonds. The molecule has 0 aliphatic rings. The van der Waals surface area contributed by atoms with Gasteiger partial charge < -0.3 is 15.2 Å². The summed E-state index contributed by atoms with van der Waals surface area (Å²) in [6.45, 7) is 5.50. The maximum absolute atomic E-state index is 11.6. The van der Waals surface area contributed by atoms with E-state index in [0.717, 1.165) is 17.3 Å². The molecule has 0 aliphatic carbocycles. The van der Waals surface area contributed by atoms with Gasteiger partial charge in [0.05, 0.1) is 11.1 Å². The minimum Gasteiger partial charge on any atom is -0.454 e. The Morgan fingerprint density at radius 2 is 2.21 bits per heavy atom. The lowest BCUT2D eigenvalue weighted by Gasteiger charge is -2.20. The van der Waals surface area contributed by atoms with Gasteiger partial charge in [-0.15, -0.1) is 0 Å². The first kappa shape index (κ1) is 17.8. The minimum atomic E-state index is -1.28. The SMILES string of the molecule is CCCC(=O)NC(C)(C)C#CC(O)Oc1ccc2ncccc2c1. The second-order valence-electron chi connectivity index (χ2n) is 6.02. The van der Waals surface area contributed by atoms with Crippen molar-refractivity contribution in [2.45, 2.75) is 45.4 Å². The van der Waals surface area contributed by atoms with Crippen LogP contribution in [0.3, 0.4) is 0 Å². The van der Waals surface area contributed by atoms with Crippen molar-refractivity contribution in [3.8, 4) is 17.6 Å². The van der Waals surface area contributed by atoms with Crippen LogP contribution in [0.1, 0.15) is 33.6 Å². The second-order valence-corrected chi connectivity index (χ2v) is 6.02. The summed E-state index contributed by atoms with van der Waals surface area (Å²) in [5.41, 5.74) is 0.120. The van der Waals surface area contributed by atoms with Crippen LogP contribution >= 0.6 is 0 Å². The fraction of sp³-hybridized carbons (Fsp3) is 0.368. The Hall–Kier alpha value is -2.58. The van der Waals surface area contributed by atoms with Gasteiger partial charge in [0.25, 0.3) is 6.29 Å². The Morgan fingerprint density at radius 1 is 1.42 bits per heavy atom. The van der Waals surface area contributed by atoms with E-state index in [9.17, 15) is 9.90 Å². The molecule has 5 heteroatoms. The van der Waals surface area contributed by atoms with E-state index in [1.54, 1.807) is 32.2 Å². The lowest BCUT2D eigenvalue weighted by Crippen LogP contribution is -2.42. The number of aliphatic hydroxyl groups is 1. The summed E-state index contributed by atoms with van der Waals surface area (Å²) >= 11 is 0. The van der Waals surface area contributed by atoms with Gasteiger partial charge in [-0.25, -0.2) is 0 Å². The average Bonchev–Trinajstić information content (AvgIpc) is 2.53. The van der Waals surface area contributed by atoms with Crippen molar-refractivity contribution >= 4 is 16.8 Å². The molecule has 0 saturated carbocycles. The number of nitrogens with one attached hydrogen (secondary N) is 1. The summed E-state index contributed by atoms with van der Waals surface area (Å²) in [5.74, 6) is 5.90. The highest BCUT2D eigenvalue weighted by molar-refractivity contribution is 5.79. The van der Waals surface area contributed by atoms with Gasteiger partial charge in [-0.2, -0.15) is 0 Å². The quantitative estimate of drug-likeness (QED) is 0.654. The molecule has 24 heavy (non-hydrogen) atoms. The predicted molar refractivity (Wildman–Crippen MR) is 93.3 cm³/mol. The summed E-state index contributed by atoms with van der Waals surface area (Å²) in [7, 11) is 0. The van der Waals surface area contributed by atoms with Crippen molar-refractivity contribution in [3.05, 3.63) is 36.5 Å². The van der Waals surface area contributed by atoms with E-state index >= 15 is 0 Å². The van der Waals surface area contributed by atoms with Crippen molar-refractivity contribution in [2.24, 2.45) is 0 Å². The number of hydrogen-bond acceptors (Lipinski definition) is 4. The van der Waals surface area contributed by atoms with E-state index in [2.05, 4.69) is 22.1 Å². The lowest BCUT2D eigenvalue weighted by molar-refractivity contribution is -0.122. The zero-order valence-corrected chi connectivity index (χ0v) is 14.2. The summed E-state index contributed by atoms with van der Waals surface area (Å²) in [6, 6.07) is 9.10. The number of hydrogen-bond donors (Lipinski definition) is 2. The average molecular weight is 326 g/mol. The monoisotopic (exact) mass is 326 g/mol. The number of carbonyl (C=O) groups is 1. The van der Waals surface area contributed by atoms with Crippen LogP contribution < -0.4 is 10.1 Å². The number of amides is 1. The van der Waals surface area contributed by atoms with Crippen LogP contribution in [0.15, 0.2) is 36.5 Å². The number of ether oxygens (including phenoxy) is 1. The van der Waals surface area contributed by atoms with Gasteiger partial charge in [-0.05, 0) is 50.5 Å². The normalized spacial score (nSPS) is 12.2. The third-order valence-corrected chi connectivity index (χ3v) is 3.26. The number of nitrogens with zero attached hydrogens (tertiary/aromatic N) is 1. The summed E-state index contributed by atoms with van der Waals surface area (Å²) < 4.78 is 5.41. The van der Waals surface area contributed by atoms with E-state index in [1.165, 1.54) is 0 Å². The Morgan fingerprint density at radius 3 is 2.96 bits per heavy atom. The van der Waals surface area contributed by atoms with E-state index in [0.29, 0.717) is 12.2 Å². The number of aromatic nitrogens is 1. The molecule has 0 saturated heterocycles. The molecule has 5 nitrogen and oxygen atoms in total. The molecule has 0 fully saturated rings. The number of aliphatic hydroxyl groups excluding tert-OH is 1. The molecule has 0 radical (unpaired) electrons. The molecule has 1 aromatic heterocycles. The fourth-order valence-electron chi connectivity index (χ4n) is 2.20. The van der Waals surface area contributed by atoms with E-state index < -0.39 is 11.8 Å². The number of fused-ring (bicyclic) bond motifs is 1. The highest BCUT2D eigenvalue weighted by Crippen LogP contribution is 2.19. The van der Waals surface area contributed by atoms with Gasteiger partial charge in [-0.1, -0.05) is 18.9 Å². The minimum absolute atomic E-state index is 0.0609.